The highest BCUT2D eigenvalue weighted by Crippen LogP contribution is 2.26. The Hall–Kier alpha value is -2.23. The van der Waals surface area contributed by atoms with Crippen molar-refractivity contribution in [3.05, 3.63) is 42.2 Å². The van der Waals surface area contributed by atoms with Crippen molar-refractivity contribution in [2.24, 2.45) is 11.8 Å². The van der Waals surface area contributed by atoms with Crippen LogP contribution in [0.3, 0.4) is 0 Å². The molecule has 0 aliphatic heterocycles. The average Bonchev–Trinajstić information content (AvgIpc) is 2.59. The number of carbonyl (C=O) groups excluding carboxylic acids is 2. The highest BCUT2D eigenvalue weighted by molar-refractivity contribution is 6.08. The fourth-order valence-electron chi connectivity index (χ4n) is 3.15. The summed E-state index contributed by atoms with van der Waals surface area (Å²) in [6.45, 7) is 4.02. The number of hydrogen-bond acceptors (Lipinski definition) is 4. The number of rotatable bonds is 9. The third-order valence-electron chi connectivity index (χ3n) is 4.59. The molecule has 2 aromatic rings. The first-order chi connectivity index (χ1) is 11.6. The molecule has 0 amide bonds. The van der Waals surface area contributed by atoms with Gasteiger partial charge in [0.25, 0.3) is 0 Å². The van der Waals surface area contributed by atoms with Gasteiger partial charge in [0.05, 0.1) is 11.9 Å². The van der Waals surface area contributed by atoms with E-state index < -0.39 is 17.7 Å². The first kappa shape index (κ1) is 18.1. The minimum Gasteiger partial charge on any atom is -0.549 e. The standard InChI is InChI=1S/C20H25NO3/c1-3-5-6-9-14(4-2)18(20(23)24)19(22)17-12-15-10-7-8-11-16(15)13-21-17/h7-8,10-14,18H,3-6,9H2,1-2H3,(H,23,24)/p-1. The summed E-state index contributed by atoms with van der Waals surface area (Å²) in [5.41, 5.74) is 0.205. The predicted octanol–water partition coefficient (Wildman–Crippen LogP) is 3.39. The molecule has 4 nitrogen and oxygen atoms in total. The lowest BCUT2D eigenvalue weighted by Crippen LogP contribution is -2.41. The Labute approximate surface area is 142 Å². The molecule has 0 aliphatic carbocycles. The minimum atomic E-state index is -1.29. The number of aliphatic carboxylic acids is 1. The Kier molecular flexibility index (Phi) is 6.47. The Morgan fingerprint density at radius 3 is 2.46 bits per heavy atom. The second-order valence-electron chi connectivity index (χ2n) is 6.24. The number of benzene rings is 1. The molecule has 0 saturated heterocycles. The van der Waals surface area contributed by atoms with Crippen molar-refractivity contribution in [1.82, 2.24) is 4.98 Å². The summed E-state index contributed by atoms with van der Waals surface area (Å²) in [6, 6.07) is 9.25. The van der Waals surface area contributed by atoms with Gasteiger partial charge in [-0.2, -0.15) is 0 Å². The Morgan fingerprint density at radius 1 is 1.12 bits per heavy atom. The van der Waals surface area contributed by atoms with Gasteiger partial charge < -0.3 is 9.90 Å². The monoisotopic (exact) mass is 326 g/mol. The quantitative estimate of drug-likeness (QED) is 0.402. The maximum absolute atomic E-state index is 12.8. The molecule has 1 aromatic heterocycles. The van der Waals surface area contributed by atoms with E-state index in [1.54, 1.807) is 12.3 Å². The van der Waals surface area contributed by atoms with Crippen LogP contribution in [0.25, 0.3) is 10.8 Å². The summed E-state index contributed by atoms with van der Waals surface area (Å²) in [5.74, 6) is -3.06. The van der Waals surface area contributed by atoms with Gasteiger partial charge in [-0.1, -0.05) is 63.8 Å². The number of carboxylic acid groups (broad SMARTS) is 1. The summed E-state index contributed by atoms with van der Waals surface area (Å²) in [5, 5.41) is 13.5. The number of ketones is 1. The maximum Gasteiger partial charge on any atom is 0.190 e. The minimum absolute atomic E-state index is 0.205. The summed E-state index contributed by atoms with van der Waals surface area (Å²) >= 11 is 0. The number of aromatic nitrogens is 1. The van der Waals surface area contributed by atoms with E-state index in [-0.39, 0.29) is 11.6 Å². The fraction of sp³-hybridized carbons (Fsp3) is 0.450. The normalized spacial score (nSPS) is 13.6. The zero-order valence-electron chi connectivity index (χ0n) is 14.3. The van der Waals surface area contributed by atoms with Crippen LogP contribution in [0.1, 0.15) is 56.4 Å². The molecule has 24 heavy (non-hydrogen) atoms. The number of carboxylic acids is 1. The number of nitrogens with zero attached hydrogens (tertiary/aromatic N) is 1. The van der Waals surface area contributed by atoms with E-state index in [1.807, 2.05) is 31.2 Å². The van der Waals surface area contributed by atoms with Gasteiger partial charge in [-0.15, -0.1) is 0 Å². The Bertz CT molecular complexity index is 711. The van der Waals surface area contributed by atoms with Crippen LogP contribution in [0, 0.1) is 11.8 Å². The molecule has 0 fully saturated rings. The molecule has 1 aromatic carbocycles. The van der Waals surface area contributed by atoms with Crippen molar-refractivity contribution >= 4 is 22.5 Å². The van der Waals surface area contributed by atoms with Crippen molar-refractivity contribution in [1.29, 1.82) is 0 Å². The van der Waals surface area contributed by atoms with Crippen molar-refractivity contribution in [3.63, 3.8) is 0 Å². The largest absolute Gasteiger partial charge is 0.549 e. The molecule has 2 unspecified atom stereocenters. The SMILES string of the molecule is CCCCCC(CC)C(C(=O)[O-])C(=O)c1cc2ccccc2cn1. The number of carbonyl (C=O) groups is 2. The van der Waals surface area contributed by atoms with E-state index in [0.717, 1.165) is 36.5 Å². The van der Waals surface area contributed by atoms with E-state index in [9.17, 15) is 14.7 Å². The van der Waals surface area contributed by atoms with E-state index >= 15 is 0 Å². The van der Waals surface area contributed by atoms with Crippen LogP contribution >= 0.6 is 0 Å². The van der Waals surface area contributed by atoms with Crippen LogP contribution < -0.4 is 5.11 Å². The number of hydrogen-bond donors (Lipinski definition) is 0. The van der Waals surface area contributed by atoms with Crippen molar-refractivity contribution in [2.75, 3.05) is 0 Å². The average molecular weight is 326 g/mol. The Morgan fingerprint density at radius 2 is 1.83 bits per heavy atom. The van der Waals surface area contributed by atoms with E-state index in [0.29, 0.717) is 6.42 Å². The van der Waals surface area contributed by atoms with Crippen LogP contribution in [-0.4, -0.2) is 16.7 Å². The van der Waals surface area contributed by atoms with Gasteiger partial charge in [0.1, 0.15) is 5.69 Å². The molecule has 2 atom stereocenters. The molecule has 0 spiro atoms. The molecule has 0 N–H and O–H groups in total. The van der Waals surface area contributed by atoms with Gasteiger partial charge in [0, 0.05) is 11.6 Å². The van der Waals surface area contributed by atoms with Gasteiger partial charge in [-0.3, -0.25) is 9.78 Å². The predicted molar refractivity (Wildman–Crippen MR) is 92.5 cm³/mol. The molecule has 0 radical (unpaired) electrons. The number of fused-ring (bicyclic) bond motifs is 1. The first-order valence-corrected chi connectivity index (χ1v) is 8.68. The van der Waals surface area contributed by atoms with Gasteiger partial charge in [-0.05, 0) is 23.8 Å². The van der Waals surface area contributed by atoms with Crippen LogP contribution in [-0.2, 0) is 4.79 Å². The van der Waals surface area contributed by atoms with E-state index in [1.165, 1.54) is 0 Å². The van der Waals surface area contributed by atoms with Crippen LogP contribution in [0.15, 0.2) is 36.5 Å². The molecule has 0 aliphatic rings. The molecule has 128 valence electrons. The summed E-state index contributed by atoms with van der Waals surface area (Å²) in [6.07, 6.45) is 6.01. The van der Waals surface area contributed by atoms with Crippen molar-refractivity contribution in [2.45, 2.75) is 46.0 Å². The Balaban J connectivity index is 2.27. The van der Waals surface area contributed by atoms with Crippen LogP contribution in [0.5, 0.6) is 0 Å². The molecular formula is C20H24NO3-. The first-order valence-electron chi connectivity index (χ1n) is 8.68. The van der Waals surface area contributed by atoms with Crippen molar-refractivity contribution < 1.29 is 14.7 Å². The van der Waals surface area contributed by atoms with Gasteiger partial charge in [0.15, 0.2) is 5.78 Å². The molecule has 0 saturated carbocycles. The number of Topliss-reactive ketones (excluding diaryl/α,β-unsaturated/α-hetero) is 1. The highest BCUT2D eigenvalue weighted by Gasteiger charge is 2.29. The third-order valence-corrected chi connectivity index (χ3v) is 4.59. The zero-order valence-corrected chi connectivity index (χ0v) is 14.3. The third kappa shape index (κ3) is 4.19. The maximum atomic E-state index is 12.8. The molecule has 0 bridgehead atoms. The van der Waals surface area contributed by atoms with Crippen LogP contribution in [0.4, 0.5) is 0 Å². The smallest absolute Gasteiger partial charge is 0.190 e. The lowest BCUT2D eigenvalue weighted by atomic mass is 9.82. The second kappa shape index (κ2) is 8.57. The van der Waals surface area contributed by atoms with Gasteiger partial charge in [0.2, 0.25) is 0 Å². The summed E-state index contributed by atoms with van der Waals surface area (Å²) in [4.78, 5) is 28.6. The highest BCUT2D eigenvalue weighted by atomic mass is 16.4. The second-order valence-corrected chi connectivity index (χ2v) is 6.24. The molecule has 4 heteroatoms. The molecular weight excluding hydrogens is 302 g/mol. The summed E-state index contributed by atoms with van der Waals surface area (Å²) < 4.78 is 0. The lowest BCUT2D eigenvalue weighted by Gasteiger charge is -2.26. The van der Waals surface area contributed by atoms with E-state index in [4.69, 9.17) is 0 Å². The molecule has 2 rings (SSSR count). The number of pyridine rings is 1. The van der Waals surface area contributed by atoms with Crippen LogP contribution in [0.2, 0.25) is 0 Å². The van der Waals surface area contributed by atoms with Gasteiger partial charge >= 0.3 is 0 Å². The molecule has 1 heterocycles. The number of unbranched alkanes of at least 4 members (excludes halogenated alkanes) is 2. The fourth-order valence-corrected chi connectivity index (χ4v) is 3.15. The van der Waals surface area contributed by atoms with E-state index in [2.05, 4.69) is 11.9 Å². The lowest BCUT2D eigenvalue weighted by molar-refractivity contribution is -0.310. The summed E-state index contributed by atoms with van der Waals surface area (Å²) in [7, 11) is 0. The van der Waals surface area contributed by atoms with Crippen molar-refractivity contribution in [3.8, 4) is 0 Å². The van der Waals surface area contributed by atoms with Gasteiger partial charge in [-0.25, -0.2) is 0 Å². The zero-order chi connectivity index (χ0) is 17.5. The topological polar surface area (TPSA) is 70.1 Å².